The fourth-order valence-electron chi connectivity index (χ4n) is 4.40. The molecule has 5 atom stereocenters. The van der Waals surface area contributed by atoms with Crippen LogP contribution < -0.4 is 0 Å². The first-order chi connectivity index (χ1) is 15.1. The number of fused-ring (bicyclic) bond motifs is 4. The van der Waals surface area contributed by atoms with Crippen LogP contribution in [0.3, 0.4) is 0 Å². The van der Waals surface area contributed by atoms with Gasteiger partial charge in [-0.15, -0.1) is 0 Å². The standard InChI is InChI=1S/C25H32N2O5/c1-14-10-11-19(28)23-20(31-25(4,5)32-23)9-7-8-17-21(24(29)30-16(14)3)15(2)12-18-22(17)26-13-27(18)6/h7-8,10-14,16,19-20,23,28H,9H2,1-6H3/b8-7+,11-10-/t14-,16+,19?,20+,23-/m1/s1. The number of ether oxygens (including phenoxy) is 3. The van der Waals surface area contributed by atoms with E-state index in [0.717, 1.165) is 22.2 Å². The van der Waals surface area contributed by atoms with E-state index in [1.165, 1.54) is 0 Å². The van der Waals surface area contributed by atoms with Crippen LogP contribution in [0, 0.1) is 12.8 Å². The average molecular weight is 441 g/mol. The summed E-state index contributed by atoms with van der Waals surface area (Å²) in [6, 6.07) is 1.97. The number of aliphatic hydroxyl groups excluding tert-OH is 1. The van der Waals surface area contributed by atoms with E-state index < -0.39 is 18.0 Å². The molecule has 2 aliphatic rings. The van der Waals surface area contributed by atoms with Crippen molar-refractivity contribution in [3.63, 3.8) is 0 Å². The van der Waals surface area contributed by atoms with Gasteiger partial charge < -0.3 is 23.9 Å². The lowest BCUT2D eigenvalue weighted by molar-refractivity contribution is -0.152. The van der Waals surface area contributed by atoms with E-state index in [9.17, 15) is 9.90 Å². The molecule has 0 saturated carbocycles. The Balaban J connectivity index is 1.82. The number of hydrogen-bond acceptors (Lipinski definition) is 6. The molecule has 1 unspecified atom stereocenters. The van der Waals surface area contributed by atoms with Gasteiger partial charge in [-0.2, -0.15) is 0 Å². The van der Waals surface area contributed by atoms with Crippen molar-refractivity contribution < 1.29 is 24.1 Å². The number of carbonyl (C=O) groups is 1. The Bertz CT molecular complexity index is 1080. The third-order valence-corrected chi connectivity index (χ3v) is 6.32. The lowest BCUT2D eigenvalue weighted by Gasteiger charge is -2.22. The van der Waals surface area contributed by atoms with Crippen LogP contribution in [0.25, 0.3) is 17.1 Å². The van der Waals surface area contributed by atoms with Crippen molar-refractivity contribution in [1.82, 2.24) is 9.55 Å². The van der Waals surface area contributed by atoms with Crippen LogP contribution in [-0.4, -0.2) is 50.8 Å². The summed E-state index contributed by atoms with van der Waals surface area (Å²) < 4.78 is 19.8. The number of aromatic nitrogens is 2. The van der Waals surface area contributed by atoms with Crippen molar-refractivity contribution in [2.75, 3.05) is 0 Å². The SMILES string of the molecule is Cc1cc2c(ncn2C)c2c1C(=O)O[C@@H](C)[C@H](C)/C=C\C(O)[C@H]1OC(C)(C)O[C@H]1C/C=C/2. The molecule has 32 heavy (non-hydrogen) atoms. The largest absolute Gasteiger partial charge is 0.458 e. The van der Waals surface area contributed by atoms with Gasteiger partial charge in [0.1, 0.15) is 18.3 Å². The highest BCUT2D eigenvalue weighted by atomic mass is 16.8. The zero-order valence-corrected chi connectivity index (χ0v) is 19.5. The first-order valence-electron chi connectivity index (χ1n) is 11.1. The van der Waals surface area contributed by atoms with E-state index in [4.69, 9.17) is 14.2 Å². The summed E-state index contributed by atoms with van der Waals surface area (Å²) in [5.74, 6) is -1.25. The predicted octanol–water partition coefficient (Wildman–Crippen LogP) is 3.92. The molecule has 1 fully saturated rings. The number of aryl methyl sites for hydroxylation is 2. The van der Waals surface area contributed by atoms with Crippen molar-refractivity contribution in [2.24, 2.45) is 13.0 Å². The van der Waals surface area contributed by atoms with Gasteiger partial charge in [0.15, 0.2) is 5.79 Å². The molecular weight excluding hydrogens is 408 g/mol. The van der Waals surface area contributed by atoms with Gasteiger partial charge in [-0.1, -0.05) is 31.2 Å². The normalized spacial score (nSPS) is 32.6. The second-order valence-corrected chi connectivity index (χ2v) is 9.33. The monoisotopic (exact) mass is 440 g/mol. The van der Waals surface area contributed by atoms with Gasteiger partial charge in [0.05, 0.1) is 29.0 Å². The minimum absolute atomic E-state index is 0.0943. The molecular formula is C25H32N2O5. The second kappa shape index (κ2) is 8.46. The fraction of sp³-hybridized carbons (Fsp3) is 0.520. The number of imidazole rings is 1. The molecule has 7 heteroatoms. The van der Waals surface area contributed by atoms with Crippen LogP contribution in [0.4, 0.5) is 0 Å². The molecule has 1 aromatic carbocycles. The highest BCUT2D eigenvalue weighted by molar-refractivity contribution is 6.02. The molecule has 0 radical (unpaired) electrons. The molecule has 0 aliphatic carbocycles. The molecule has 2 aromatic rings. The molecule has 0 bridgehead atoms. The maximum absolute atomic E-state index is 13.2. The summed E-state index contributed by atoms with van der Waals surface area (Å²) in [4.78, 5) is 17.8. The summed E-state index contributed by atoms with van der Waals surface area (Å²) >= 11 is 0. The summed E-state index contributed by atoms with van der Waals surface area (Å²) in [5, 5.41) is 10.8. The van der Waals surface area contributed by atoms with Gasteiger partial charge in [-0.05, 0) is 45.7 Å². The molecule has 1 aromatic heterocycles. The minimum atomic E-state index is -0.833. The summed E-state index contributed by atoms with van der Waals surface area (Å²) in [5.41, 5.74) is 3.78. The molecule has 7 nitrogen and oxygen atoms in total. The molecule has 3 heterocycles. The molecule has 1 N–H and O–H groups in total. The Morgan fingerprint density at radius 2 is 1.97 bits per heavy atom. The highest BCUT2D eigenvalue weighted by Gasteiger charge is 2.43. The Hall–Kier alpha value is -2.48. The van der Waals surface area contributed by atoms with Crippen LogP contribution in [-0.2, 0) is 21.3 Å². The third-order valence-electron chi connectivity index (χ3n) is 6.32. The number of nitrogens with zero attached hydrogens (tertiary/aromatic N) is 2. The van der Waals surface area contributed by atoms with E-state index >= 15 is 0 Å². The van der Waals surface area contributed by atoms with Gasteiger partial charge in [-0.3, -0.25) is 0 Å². The van der Waals surface area contributed by atoms with Gasteiger partial charge in [-0.25, -0.2) is 9.78 Å². The maximum Gasteiger partial charge on any atom is 0.339 e. The Kier molecular flexibility index (Phi) is 6.00. The number of esters is 1. The quantitative estimate of drug-likeness (QED) is 0.494. The van der Waals surface area contributed by atoms with Gasteiger partial charge in [0, 0.05) is 18.5 Å². The van der Waals surface area contributed by atoms with Crippen molar-refractivity contribution in [3.8, 4) is 0 Å². The highest BCUT2D eigenvalue weighted by Crippen LogP contribution is 2.34. The molecule has 1 saturated heterocycles. The van der Waals surface area contributed by atoms with Crippen molar-refractivity contribution in [1.29, 1.82) is 0 Å². The Morgan fingerprint density at radius 3 is 2.72 bits per heavy atom. The van der Waals surface area contributed by atoms with Crippen molar-refractivity contribution >= 4 is 23.1 Å². The topological polar surface area (TPSA) is 82.8 Å². The lowest BCUT2D eigenvalue weighted by atomic mass is 9.97. The van der Waals surface area contributed by atoms with E-state index in [1.807, 2.05) is 70.5 Å². The smallest absolute Gasteiger partial charge is 0.339 e. The fourth-order valence-corrected chi connectivity index (χ4v) is 4.40. The van der Waals surface area contributed by atoms with Gasteiger partial charge in [0.25, 0.3) is 0 Å². The Morgan fingerprint density at radius 1 is 1.22 bits per heavy atom. The first kappa shape index (κ1) is 22.7. The maximum atomic E-state index is 13.2. The van der Waals surface area contributed by atoms with Crippen LogP contribution >= 0.6 is 0 Å². The van der Waals surface area contributed by atoms with E-state index in [-0.39, 0.29) is 24.1 Å². The molecule has 2 aliphatic heterocycles. The summed E-state index contributed by atoms with van der Waals surface area (Å²) in [6.07, 6.45) is 7.67. The van der Waals surface area contributed by atoms with E-state index in [2.05, 4.69) is 4.98 Å². The van der Waals surface area contributed by atoms with Crippen LogP contribution in [0.5, 0.6) is 0 Å². The van der Waals surface area contributed by atoms with Gasteiger partial charge >= 0.3 is 5.97 Å². The Labute approximate surface area is 188 Å². The predicted molar refractivity (Wildman–Crippen MR) is 122 cm³/mol. The van der Waals surface area contributed by atoms with Crippen LogP contribution in [0.15, 0.2) is 30.6 Å². The van der Waals surface area contributed by atoms with E-state index in [1.54, 1.807) is 12.4 Å². The average Bonchev–Trinajstić information content (AvgIpc) is 3.23. The zero-order valence-electron chi connectivity index (χ0n) is 19.5. The number of rotatable bonds is 0. The third kappa shape index (κ3) is 4.25. The number of cyclic esters (lactones) is 1. The number of hydrogen-bond donors (Lipinski definition) is 1. The summed E-state index contributed by atoms with van der Waals surface area (Å²) in [6.45, 7) is 9.43. The molecule has 4 rings (SSSR count). The molecule has 0 spiro atoms. The molecule has 172 valence electrons. The zero-order chi connectivity index (χ0) is 23.2. The van der Waals surface area contributed by atoms with Crippen molar-refractivity contribution in [3.05, 3.63) is 47.3 Å². The number of carbonyl (C=O) groups excluding carboxylic acids is 1. The number of aliphatic hydroxyl groups is 1. The lowest BCUT2D eigenvalue weighted by Crippen LogP contribution is -2.34. The first-order valence-corrected chi connectivity index (χ1v) is 11.1. The van der Waals surface area contributed by atoms with Crippen molar-refractivity contribution in [2.45, 2.75) is 71.2 Å². The number of benzene rings is 1. The van der Waals surface area contributed by atoms with E-state index in [0.29, 0.717) is 12.0 Å². The van der Waals surface area contributed by atoms with Crippen LogP contribution in [0.2, 0.25) is 0 Å². The second-order valence-electron chi connectivity index (χ2n) is 9.33. The van der Waals surface area contributed by atoms with Gasteiger partial charge in [0.2, 0.25) is 0 Å². The van der Waals surface area contributed by atoms with Crippen LogP contribution in [0.1, 0.15) is 55.6 Å². The minimum Gasteiger partial charge on any atom is -0.458 e. The summed E-state index contributed by atoms with van der Waals surface area (Å²) in [7, 11) is 1.93. The molecule has 0 amide bonds.